The maximum absolute atomic E-state index is 11.3. The van der Waals surface area contributed by atoms with E-state index in [4.69, 9.17) is 9.94 Å². The minimum atomic E-state index is -0.358. The van der Waals surface area contributed by atoms with Crippen LogP contribution >= 0.6 is 0 Å². The van der Waals surface area contributed by atoms with Crippen molar-refractivity contribution >= 4 is 5.91 Å². The normalized spacial score (nSPS) is 32.7. The highest BCUT2D eigenvalue weighted by atomic mass is 16.5. The predicted octanol–water partition coefficient (Wildman–Crippen LogP) is 1.87. The number of amides is 1. The van der Waals surface area contributed by atoms with Crippen LogP contribution < -0.4 is 5.48 Å². The summed E-state index contributed by atoms with van der Waals surface area (Å²) in [6.45, 7) is 10.1. The summed E-state index contributed by atoms with van der Waals surface area (Å²) < 4.78 is 5.94. The van der Waals surface area contributed by atoms with Crippen LogP contribution in [0.1, 0.15) is 47.5 Å². The third kappa shape index (κ3) is 2.32. The third-order valence-electron chi connectivity index (χ3n) is 3.48. The number of carbonyl (C=O) groups is 1. The van der Waals surface area contributed by atoms with Crippen LogP contribution in [-0.4, -0.2) is 22.3 Å². The Balaban J connectivity index is 2.88. The van der Waals surface area contributed by atoms with Gasteiger partial charge in [0, 0.05) is 11.8 Å². The summed E-state index contributed by atoms with van der Waals surface area (Å²) in [5.74, 6) is -0.355. The lowest BCUT2D eigenvalue weighted by atomic mass is 9.70. The Morgan fingerprint density at radius 1 is 1.33 bits per heavy atom. The minimum Gasteiger partial charge on any atom is -0.369 e. The van der Waals surface area contributed by atoms with Gasteiger partial charge in [0.2, 0.25) is 5.91 Å². The molecule has 4 nitrogen and oxygen atoms in total. The Morgan fingerprint density at radius 2 is 1.87 bits per heavy atom. The fraction of sp³-hybridized carbons (Fsp3) is 0.909. The standard InChI is InChI=1S/C11H21NO3/c1-9(2)7-11(5,6-8(13)12-14)10(3,4)15-9/h14H,6-7H2,1-5H3,(H,12,13). The van der Waals surface area contributed by atoms with Crippen LogP contribution in [0.25, 0.3) is 0 Å². The van der Waals surface area contributed by atoms with E-state index in [1.807, 2.05) is 34.6 Å². The molecule has 1 atom stereocenters. The first-order valence-electron chi connectivity index (χ1n) is 5.25. The molecule has 0 radical (unpaired) electrons. The summed E-state index contributed by atoms with van der Waals surface area (Å²) >= 11 is 0. The van der Waals surface area contributed by atoms with E-state index in [2.05, 4.69) is 0 Å². The van der Waals surface area contributed by atoms with Crippen molar-refractivity contribution in [1.29, 1.82) is 0 Å². The second kappa shape index (κ2) is 3.46. The first kappa shape index (κ1) is 12.5. The Morgan fingerprint density at radius 3 is 2.20 bits per heavy atom. The molecule has 1 unspecified atom stereocenters. The summed E-state index contributed by atoms with van der Waals surface area (Å²) in [6, 6.07) is 0. The van der Waals surface area contributed by atoms with Gasteiger partial charge < -0.3 is 4.74 Å². The van der Waals surface area contributed by atoms with Crippen molar-refractivity contribution in [3.8, 4) is 0 Å². The van der Waals surface area contributed by atoms with E-state index in [1.54, 1.807) is 5.48 Å². The number of hydroxylamine groups is 1. The number of carbonyl (C=O) groups excluding carboxylic acids is 1. The predicted molar refractivity (Wildman–Crippen MR) is 56.5 cm³/mol. The van der Waals surface area contributed by atoms with E-state index >= 15 is 0 Å². The van der Waals surface area contributed by atoms with Gasteiger partial charge in [-0.15, -0.1) is 0 Å². The van der Waals surface area contributed by atoms with Crippen LogP contribution in [0.2, 0.25) is 0 Å². The molecule has 2 N–H and O–H groups in total. The number of hydrogen-bond donors (Lipinski definition) is 2. The first-order chi connectivity index (χ1) is 6.62. The van der Waals surface area contributed by atoms with Crippen LogP contribution in [0.15, 0.2) is 0 Å². The third-order valence-corrected chi connectivity index (χ3v) is 3.48. The van der Waals surface area contributed by atoms with Gasteiger partial charge in [-0.25, -0.2) is 5.48 Å². The lowest BCUT2D eigenvalue weighted by Gasteiger charge is -2.35. The number of ether oxygens (including phenoxy) is 1. The zero-order chi connectivity index (χ0) is 11.9. The molecule has 1 fully saturated rings. The van der Waals surface area contributed by atoms with Gasteiger partial charge in [0.15, 0.2) is 0 Å². The van der Waals surface area contributed by atoms with Crippen LogP contribution in [0.3, 0.4) is 0 Å². The van der Waals surface area contributed by atoms with Gasteiger partial charge in [0.05, 0.1) is 11.2 Å². The molecular formula is C11H21NO3. The highest BCUT2D eigenvalue weighted by Crippen LogP contribution is 2.52. The fourth-order valence-corrected chi connectivity index (χ4v) is 2.67. The summed E-state index contributed by atoms with van der Waals surface area (Å²) in [4.78, 5) is 11.3. The average molecular weight is 215 g/mol. The molecule has 1 amide bonds. The Kier molecular flexibility index (Phi) is 2.87. The van der Waals surface area contributed by atoms with Crippen LogP contribution in [0.4, 0.5) is 0 Å². The van der Waals surface area contributed by atoms with Gasteiger partial charge in [-0.3, -0.25) is 10.0 Å². The van der Waals surface area contributed by atoms with E-state index in [-0.39, 0.29) is 28.9 Å². The lowest BCUT2D eigenvalue weighted by Crippen LogP contribution is -2.41. The maximum atomic E-state index is 11.3. The lowest BCUT2D eigenvalue weighted by molar-refractivity contribution is -0.136. The fourth-order valence-electron chi connectivity index (χ4n) is 2.67. The molecule has 1 heterocycles. The van der Waals surface area contributed by atoms with Gasteiger partial charge in [-0.2, -0.15) is 0 Å². The van der Waals surface area contributed by atoms with E-state index in [0.29, 0.717) is 0 Å². The largest absolute Gasteiger partial charge is 0.369 e. The number of rotatable bonds is 2. The zero-order valence-electron chi connectivity index (χ0n) is 10.2. The monoisotopic (exact) mass is 215 g/mol. The Labute approximate surface area is 91.0 Å². The highest BCUT2D eigenvalue weighted by molar-refractivity contribution is 5.75. The van der Waals surface area contributed by atoms with Gasteiger partial charge in [-0.05, 0) is 34.1 Å². The SMILES string of the molecule is CC1(C)CC(C)(CC(=O)NO)C(C)(C)O1. The van der Waals surface area contributed by atoms with Gasteiger partial charge in [-0.1, -0.05) is 6.92 Å². The molecule has 88 valence electrons. The zero-order valence-corrected chi connectivity index (χ0v) is 10.2. The average Bonchev–Trinajstić information content (AvgIpc) is 2.14. The van der Waals surface area contributed by atoms with Crippen molar-refractivity contribution in [1.82, 2.24) is 5.48 Å². The molecule has 0 saturated carbocycles. The molecule has 0 bridgehead atoms. The van der Waals surface area contributed by atoms with Crippen molar-refractivity contribution in [3.63, 3.8) is 0 Å². The molecule has 1 saturated heterocycles. The summed E-state index contributed by atoms with van der Waals surface area (Å²) in [5.41, 5.74) is 0.869. The Hall–Kier alpha value is -0.610. The molecule has 0 spiro atoms. The molecule has 4 heteroatoms. The van der Waals surface area contributed by atoms with E-state index in [9.17, 15) is 4.79 Å². The van der Waals surface area contributed by atoms with Crippen molar-refractivity contribution in [3.05, 3.63) is 0 Å². The highest BCUT2D eigenvalue weighted by Gasteiger charge is 2.54. The van der Waals surface area contributed by atoms with E-state index in [1.165, 1.54) is 0 Å². The second-order valence-electron chi connectivity index (χ2n) is 5.82. The Bertz CT molecular complexity index is 273. The smallest absolute Gasteiger partial charge is 0.243 e. The van der Waals surface area contributed by atoms with Crippen molar-refractivity contribution in [2.45, 2.75) is 58.7 Å². The molecule has 0 aromatic rings. The molecule has 0 aromatic carbocycles. The van der Waals surface area contributed by atoms with Crippen molar-refractivity contribution < 1.29 is 14.7 Å². The number of hydrogen-bond acceptors (Lipinski definition) is 3. The van der Waals surface area contributed by atoms with Crippen molar-refractivity contribution in [2.24, 2.45) is 5.41 Å². The molecular weight excluding hydrogens is 194 g/mol. The van der Waals surface area contributed by atoms with E-state index in [0.717, 1.165) is 6.42 Å². The minimum absolute atomic E-state index is 0.214. The van der Waals surface area contributed by atoms with Crippen molar-refractivity contribution in [2.75, 3.05) is 0 Å². The van der Waals surface area contributed by atoms with Gasteiger partial charge >= 0.3 is 0 Å². The van der Waals surface area contributed by atoms with E-state index < -0.39 is 0 Å². The molecule has 1 aliphatic heterocycles. The van der Waals surface area contributed by atoms with Gasteiger partial charge in [0.1, 0.15) is 0 Å². The molecule has 1 aliphatic rings. The molecule has 15 heavy (non-hydrogen) atoms. The van der Waals surface area contributed by atoms with Crippen LogP contribution in [-0.2, 0) is 9.53 Å². The molecule has 1 rings (SSSR count). The molecule has 0 aliphatic carbocycles. The maximum Gasteiger partial charge on any atom is 0.243 e. The summed E-state index contributed by atoms with van der Waals surface area (Å²) in [6.07, 6.45) is 1.08. The topological polar surface area (TPSA) is 58.6 Å². The van der Waals surface area contributed by atoms with Crippen LogP contribution in [0, 0.1) is 5.41 Å². The first-order valence-corrected chi connectivity index (χ1v) is 5.25. The molecule has 0 aromatic heterocycles. The summed E-state index contributed by atoms with van der Waals surface area (Å²) in [7, 11) is 0. The summed E-state index contributed by atoms with van der Waals surface area (Å²) in [5, 5.41) is 8.57. The second-order valence-corrected chi connectivity index (χ2v) is 5.82. The van der Waals surface area contributed by atoms with Crippen LogP contribution in [0.5, 0.6) is 0 Å². The quantitative estimate of drug-likeness (QED) is 0.546. The van der Waals surface area contributed by atoms with Gasteiger partial charge in [0.25, 0.3) is 0 Å². The number of nitrogens with one attached hydrogen (secondary N) is 1.